The third-order valence-corrected chi connectivity index (χ3v) is 12.3. The van der Waals surface area contributed by atoms with Gasteiger partial charge in [-0.05, 0) is 38.4 Å². The topological polar surface area (TPSA) is 9.23 Å². The second-order valence-electron chi connectivity index (χ2n) is 12.4. The van der Waals surface area contributed by atoms with Crippen LogP contribution in [0.4, 0.5) is 0 Å². The summed E-state index contributed by atoms with van der Waals surface area (Å²) in [5, 5.41) is 0. The summed E-state index contributed by atoms with van der Waals surface area (Å²) in [5.74, 6) is 0. The molecule has 0 aromatic carbocycles. The van der Waals surface area contributed by atoms with Crippen molar-refractivity contribution in [1.82, 2.24) is 0 Å². The fourth-order valence-electron chi connectivity index (χ4n) is 6.21. The van der Waals surface area contributed by atoms with Crippen LogP contribution in [0, 0.1) is 0 Å². The first kappa shape index (κ1) is 32.2. The first-order chi connectivity index (χ1) is 16.5. The highest BCUT2D eigenvalue weighted by atomic mass is 28.4. The molecule has 1 fully saturated rings. The average molecular weight is 495 g/mol. The summed E-state index contributed by atoms with van der Waals surface area (Å²) in [6.45, 7) is 9.62. The van der Waals surface area contributed by atoms with Gasteiger partial charge in [0.25, 0.3) is 0 Å². The van der Waals surface area contributed by atoms with Gasteiger partial charge < -0.3 is 4.43 Å². The Morgan fingerprint density at radius 3 is 1.38 bits per heavy atom. The molecule has 1 heterocycles. The Kier molecular flexibility index (Phi) is 20.2. The third-order valence-electron chi connectivity index (χ3n) is 8.52. The molecule has 0 aromatic rings. The Morgan fingerprint density at radius 2 is 0.941 bits per heavy atom. The molecule has 0 aromatic heterocycles. The van der Waals surface area contributed by atoms with Gasteiger partial charge in [0.05, 0.1) is 5.60 Å². The van der Waals surface area contributed by atoms with Gasteiger partial charge in [0.15, 0.2) is 8.32 Å². The van der Waals surface area contributed by atoms with E-state index >= 15 is 0 Å². The lowest BCUT2D eigenvalue weighted by Gasteiger charge is -2.44. The van der Waals surface area contributed by atoms with Gasteiger partial charge in [0, 0.05) is 0 Å². The van der Waals surface area contributed by atoms with Gasteiger partial charge in [-0.1, -0.05) is 162 Å². The van der Waals surface area contributed by atoms with Crippen molar-refractivity contribution in [2.24, 2.45) is 0 Å². The molecule has 0 bridgehead atoms. The summed E-state index contributed by atoms with van der Waals surface area (Å²) in [4.78, 5) is 0. The normalized spacial score (nSPS) is 22.9. The van der Waals surface area contributed by atoms with E-state index in [0.29, 0.717) is 0 Å². The van der Waals surface area contributed by atoms with Crippen molar-refractivity contribution in [3.8, 4) is 0 Å². The number of unbranched alkanes of at least 4 members (excludes halogenated alkanes) is 20. The Balaban J connectivity index is 2.02. The molecular formula is C32H66OSi. The highest BCUT2D eigenvalue weighted by molar-refractivity contribution is 6.72. The number of hydrogen-bond donors (Lipinski definition) is 0. The molecule has 1 rings (SSSR count). The molecule has 1 nitrogen and oxygen atoms in total. The van der Waals surface area contributed by atoms with Gasteiger partial charge in [-0.3, -0.25) is 0 Å². The standard InChI is InChI=1S/C32H66OSi/c1-5-7-9-11-13-15-17-18-20-22-24-26-30-34(4)31-27-29-32(3,33-34)28-25-23-21-19-16-14-12-10-8-6-2/h5-31H2,1-4H3. The largest absolute Gasteiger partial charge is 0.412 e. The maximum absolute atomic E-state index is 6.98. The Hall–Kier alpha value is 0.177. The zero-order valence-electron chi connectivity index (χ0n) is 24.5. The molecule has 1 aliphatic heterocycles. The molecule has 2 heteroatoms. The summed E-state index contributed by atoms with van der Waals surface area (Å²) in [7, 11) is -1.47. The minimum atomic E-state index is -1.47. The van der Waals surface area contributed by atoms with Crippen LogP contribution in [-0.4, -0.2) is 13.9 Å². The number of rotatable bonds is 24. The van der Waals surface area contributed by atoms with Crippen molar-refractivity contribution in [3.05, 3.63) is 0 Å². The van der Waals surface area contributed by atoms with E-state index in [1.807, 2.05) is 0 Å². The van der Waals surface area contributed by atoms with E-state index in [1.54, 1.807) is 0 Å². The molecular weight excluding hydrogens is 428 g/mol. The summed E-state index contributed by atoms with van der Waals surface area (Å²) in [5.41, 5.74) is 0.205. The summed E-state index contributed by atoms with van der Waals surface area (Å²) in [6, 6.07) is 2.83. The Labute approximate surface area is 218 Å². The Bertz CT molecular complexity index is 439. The van der Waals surface area contributed by atoms with Crippen molar-refractivity contribution in [1.29, 1.82) is 0 Å². The molecule has 34 heavy (non-hydrogen) atoms. The molecule has 0 N–H and O–H groups in total. The van der Waals surface area contributed by atoms with Gasteiger partial charge in [-0.15, -0.1) is 0 Å². The van der Waals surface area contributed by atoms with Gasteiger partial charge in [0.1, 0.15) is 0 Å². The minimum Gasteiger partial charge on any atom is -0.412 e. The maximum atomic E-state index is 6.98. The lowest BCUT2D eigenvalue weighted by atomic mass is 9.93. The zero-order valence-corrected chi connectivity index (χ0v) is 25.5. The molecule has 0 radical (unpaired) electrons. The summed E-state index contributed by atoms with van der Waals surface area (Å²) in [6.07, 6.45) is 35.8. The van der Waals surface area contributed by atoms with Gasteiger partial charge in [-0.2, -0.15) is 0 Å². The van der Waals surface area contributed by atoms with Crippen LogP contribution in [0.3, 0.4) is 0 Å². The van der Waals surface area contributed by atoms with Crippen molar-refractivity contribution < 1.29 is 4.43 Å². The fourth-order valence-corrected chi connectivity index (χ4v) is 9.98. The maximum Gasteiger partial charge on any atom is 0.190 e. The SMILES string of the molecule is CCCCCCCCCCCCCC[Si]1(C)CCCC(C)(CCCCCCCCCCCC)O1. The quantitative estimate of drug-likeness (QED) is 0.0957. The van der Waals surface area contributed by atoms with Crippen molar-refractivity contribution in [3.63, 3.8) is 0 Å². The highest BCUT2D eigenvalue weighted by Gasteiger charge is 2.40. The predicted octanol–water partition coefficient (Wildman–Crippen LogP) is 12.1. The molecule has 2 atom stereocenters. The van der Waals surface area contributed by atoms with E-state index in [9.17, 15) is 0 Å². The molecule has 1 saturated heterocycles. The van der Waals surface area contributed by atoms with Crippen LogP contribution in [0.2, 0.25) is 18.6 Å². The average Bonchev–Trinajstić information content (AvgIpc) is 2.81. The van der Waals surface area contributed by atoms with E-state index in [-0.39, 0.29) is 5.60 Å². The van der Waals surface area contributed by atoms with E-state index in [4.69, 9.17) is 4.43 Å². The second-order valence-corrected chi connectivity index (χ2v) is 16.5. The highest BCUT2D eigenvalue weighted by Crippen LogP contribution is 2.39. The zero-order chi connectivity index (χ0) is 24.8. The Morgan fingerprint density at radius 1 is 0.559 bits per heavy atom. The van der Waals surface area contributed by atoms with Crippen LogP contribution in [-0.2, 0) is 4.43 Å². The van der Waals surface area contributed by atoms with Gasteiger partial charge >= 0.3 is 0 Å². The first-order valence-electron chi connectivity index (χ1n) is 16.2. The predicted molar refractivity (Wildman–Crippen MR) is 157 cm³/mol. The summed E-state index contributed by atoms with van der Waals surface area (Å²) < 4.78 is 6.98. The third kappa shape index (κ3) is 17.6. The molecule has 0 saturated carbocycles. The van der Waals surface area contributed by atoms with E-state index in [2.05, 4.69) is 27.3 Å². The smallest absolute Gasteiger partial charge is 0.190 e. The van der Waals surface area contributed by atoms with Gasteiger partial charge in [0.2, 0.25) is 0 Å². The molecule has 0 amide bonds. The van der Waals surface area contributed by atoms with Crippen molar-refractivity contribution in [2.45, 2.75) is 206 Å². The lowest BCUT2D eigenvalue weighted by Crippen LogP contribution is -2.48. The van der Waals surface area contributed by atoms with E-state index in [1.165, 1.54) is 173 Å². The van der Waals surface area contributed by atoms with Crippen molar-refractivity contribution in [2.75, 3.05) is 0 Å². The van der Waals surface area contributed by atoms with Crippen LogP contribution in [0.1, 0.15) is 181 Å². The molecule has 204 valence electrons. The van der Waals surface area contributed by atoms with E-state index < -0.39 is 8.32 Å². The van der Waals surface area contributed by atoms with Crippen LogP contribution in [0.15, 0.2) is 0 Å². The minimum absolute atomic E-state index is 0.205. The second kappa shape index (κ2) is 21.3. The molecule has 0 spiro atoms. The first-order valence-corrected chi connectivity index (χ1v) is 19.1. The lowest BCUT2D eigenvalue weighted by molar-refractivity contribution is 0.0396. The molecule has 2 unspecified atom stereocenters. The summed E-state index contributed by atoms with van der Waals surface area (Å²) >= 11 is 0. The van der Waals surface area contributed by atoms with Gasteiger partial charge in [-0.25, -0.2) is 0 Å². The fraction of sp³-hybridized carbons (Fsp3) is 1.00. The van der Waals surface area contributed by atoms with Crippen LogP contribution in [0.25, 0.3) is 0 Å². The van der Waals surface area contributed by atoms with Crippen LogP contribution >= 0.6 is 0 Å². The molecule has 0 aliphatic carbocycles. The monoisotopic (exact) mass is 494 g/mol. The number of hydrogen-bond acceptors (Lipinski definition) is 1. The molecule has 1 aliphatic rings. The van der Waals surface area contributed by atoms with Crippen LogP contribution in [0.5, 0.6) is 0 Å². The van der Waals surface area contributed by atoms with E-state index in [0.717, 1.165) is 0 Å². The van der Waals surface area contributed by atoms with Crippen molar-refractivity contribution >= 4 is 8.32 Å². The van der Waals surface area contributed by atoms with Crippen LogP contribution < -0.4 is 0 Å².